The number of sulfonamides is 1. The zero-order valence-corrected chi connectivity index (χ0v) is 20.9. The highest BCUT2D eigenvalue weighted by atomic mass is 32.2. The van der Waals surface area contributed by atoms with Crippen molar-refractivity contribution in [2.24, 2.45) is 0 Å². The number of methoxy groups -OCH3 is 1. The summed E-state index contributed by atoms with van der Waals surface area (Å²) >= 11 is 0. The van der Waals surface area contributed by atoms with Gasteiger partial charge in [0.25, 0.3) is 10.0 Å². The van der Waals surface area contributed by atoms with Crippen LogP contribution < -0.4 is 19.7 Å². The topological polar surface area (TPSA) is 96.5 Å². The summed E-state index contributed by atoms with van der Waals surface area (Å²) in [6.07, 6.45) is 3.57. The molecule has 3 aromatic rings. The van der Waals surface area contributed by atoms with Crippen LogP contribution in [-0.4, -0.2) is 38.6 Å². The maximum absolute atomic E-state index is 13.0. The number of nitrogens with one attached hydrogen (secondary N) is 2. The van der Waals surface area contributed by atoms with E-state index in [9.17, 15) is 8.42 Å². The highest BCUT2D eigenvalue weighted by Gasteiger charge is 2.19. The second-order valence-corrected chi connectivity index (χ2v) is 10.3. The number of piperidine rings is 1. The van der Waals surface area contributed by atoms with Gasteiger partial charge in [0.05, 0.1) is 12.0 Å². The average Bonchev–Trinajstić information content (AvgIpc) is 2.80. The Morgan fingerprint density at radius 3 is 2.24 bits per heavy atom. The van der Waals surface area contributed by atoms with Crippen molar-refractivity contribution in [2.45, 2.75) is 44.9 Å². The Bertz CT molecular complexity index is 1270. The summed E-state index contributed by atoms with van der Waals surface area (Å²) < 4.78 is 34.0. The van der Waals surface area contributed by atoms with Gasteiger partial charge in [0.1, 0.15) is 11.6 Å². The van der Waals surface area contributed by atoms with Gasteiger partial charge in [0.15, 0.2) is 0 Å². The average molecular weight is 482 g/mol. The lowest BCUT2D eigenvalue weighted by molar-refractivity contribution is 0.410. The van der Waals surface area contributed by atoms with Gasteiger partial charge in [0, 0.05) is 42.3 Å². The molecule has 4 rings (SSSR count). The van der Waals surface area contributed by atoms with Crippen molar-refractivity contribution in [2.75, 3.05) is 35.1 Å². The Hall–Kier alpha value is -3.33. The van der Waals surface area contributed by atoms with Crippen molar-refractivity contribution in [3.63, 3.8) is 0 Å². The van der Waals surface area contributed by atoms with Gasteiger partial charge in [-0.15, -0.1) is 0 Å². The van der Waals surface area contributed by atoms with Crippen molar-refractivity contribution in [1.29, 1.82) is 0 Å². The summed E-state index contributed by atoms with van der Waals surface area (Å²) in [4.78, 5) is 11.7. The first kappa shape index (κ1) is 23.8. The molecule has 2 N–H and O–H groups in total. The molecular formula is C25H31N5O3S. The predicted octanol–water partition coefficient (Wildman–Crippen LogP) is 4.95. The molecule has 1 aliphatic rings. The van der Waals surface area contributed by atoms with E-state index in [1.165, 1.54) is 13.5 Å². The molecule has 9 heteroatoms. The lowest BCUT2D eigenvalue weighted by atomic mass is 10.1. The standard InChI is InChI=1S/C25H31N5O3S/c1-17-14-18(2)23(16-22(17)33-4)34(31,32)29-21-10-8-20(9-11-21)27-24-15-19(3)26-25(28-24)30-12-6-5-7-13-30/h8-11,14-16,29H,5-7,12-13H2,1-4H3,(H,26,27,28). The van der Waals surface area contributed by atoms with Crippen molar-refractivity contribution >= 4 is 33.2 Å². The van der Waals surface area contributed by atoms with E-state index in [0.29, 0.717) is 22.8 Å². The lowest BCUT2D eigenvalue weighted by Gasteiger charge is -2.27. The fourth-order valence-corrected chi connectivity index (χ4v) is 5.46. The SMILES string of the molecule is COc1cc(S(=O)(=O)Nc2ccc(Nc3cc(C)nc(N4CCCCC4)n3)cc2)c(C)cc1C. The van der Waals surface area contributed by atoms with Crippen molar-refractivity contribution in [3.05, 3.63) is 59.3 Å². The number of benzene rings is 2. The molecule has 1 aromatic heterocycles. The van der Waals surface area contributed by atoms with Crippen LogP contribution in [0.15, 0.2) is 47.4 Å². The number of aromatic nitrogens is 2. The molecule has 34 heavy (non-hydrogen) atoms. The van der Waals surface area contributed by atoms with Gasteiger partial charge in [-0.05, 0) is 75.4 Å². The van der Waals surface area contributed by atoms with E-state index in [2.05, 4.69) is 24.9 Å². The van der Waals surface area contributed by atoms with E-state index < -0.39 is 10.0 Å². The fourth-order valence-electron chi connectivity index (χ4n) is 4.16. The Morgan fingerprint density at radius 1 is 0.882 bits per heavy atom. The minimum Gasteiger partial charge on any atom is -0.496 e. The lowest BCUT2D eigenvalue weighted by Crippen LogP contribution is -2.31. The van der Waals surface area contributed by atoms with Gasteiger partial charge >= 0.3 is 0 Å². The Balaban J connectivity index is 1.49. The number of ether oxygens (including phenoxy) is 1. The number of rotatable bonds is 7. The van der Waals surface area contributed by atoms with Crippen LogP contribution in [0.25, 0.3) is 0 Å². The molecule has 0 radical (unpaired) electrons. The third kappa shape index (κ3) is 5.41. The Morgan fingerprint density at radius 2 is 1.56 bits per heavy atom. The summed E-state index contributed by atoms with van der Waals surface area (Å²) in [6, 6.07) is 12.3. The monoisotopic (exact) mass is 481 g/mol. The highest BCUT2D eigenvalue weighted by Crippen LogP contribution is 2.28. The molecule has 1 aliphatic heterocycles. The summed E-state index contributed by atoms with van der Waals surface area (Å²) in [5.41, 5.74) is 3.72. The largest absolute Gasteiger partial charge is 0.496 e. The summed E-state index contributed by atoms with van der Waals surface area (Å²) in [5, 5.41) is 3.30. The van der Waals surface area contributed by atoms with E-state index in [-0.39, 0.29) is 4.90 Å². The minimum absolute atomic E-state index is 0.193. The molecule has 2 heterocycles. The number of hydrogen-bond donors (Lipinski definition) is 2. The van der Waals surface area contributed by atoms with Gasteiger partial charge < -0.3 is 15.0 Å². The first-order valence-corrected chi connectivity index (χ1v) is 12.9. The second kappa shape index (κ2) is 9.89. The van der Waals surface area contributed by atoms with Gasteiger partial charge in [-0.3, -0.25) is 4.72 Å². The molecule has 0 atom stereocenters. The van der Waals surface area contributed by atoms with E-state index >= 15 is 0 Å². The molecule has 0 amide bonds. The van der Waals surface area contributed by atoms with Crippen LogP contribution in [0.4, 0.5) is 23.1 Å². The quantitative estimate of drug-likeness (QED) is 0.493. The maximum atomic E-state index is 13.0. The minimum atomic E-state index is -3.77. The van der Waals surface area contributed by atoms with Crippen LogP contribution in [0, 0.1) is 20.8 Å². The van der Waals surface area contributed by atoms with Crippen LogP contribution in [-0.2, 0) is 10.0 Å². The molecular weight excluding hydrogens is 450 g/mol. The third-order valence-corrected chi connectivity index (χ3v) is 7.40. The van der Waals surface area contributed by atoms with Gasteiger partial charge in [-0.1, -0.05) is 6.07 Å². The van der Waals surface area contributed by atoms with Gasteiger partial charge in [0.2, 0.25) is 5.95 Å². The molecule has 0 spiro atoms. The first-order chi connectivity index (χ1) is 16.2. The number of nitrogens with zero attached hydrogens (tertiary/aromatic N) is 3. The molecule has 2 aromatic carbocycles. The van der Waals surface area contributed by atoms with E-state index in [1.54, 1.807) is 25.1 Å². The Labute approximate surface area is 201 Å². The molecule has 1 fully saturated rings. The number of anilines is 4. The van der Waals surface area contributed by atoms with Crippen LogP contribution in [0.2, 0.25) is 0 Å². The van der Waals surface area contributed by atoms with Crippen molar-refractivity contribution in [3.8, 4) is 5.75 Å². The van der Waals surface area contributed by atoms with Crippen LogP contribution in [0.3, 0.4) is 0 Å². The summed E-state index contributed by atoms with van der Waals surface area (Å²) in [5.74, 6) is 1.99. The van der Waals surface area contributed by atoms with Gasteiger partial charge in [-0.25, -0.2) is 13.4 Å². The smallest absolute Gasteiger partial charge is 0.262 e. The normalized spacial score (nSPS) is 14.1. The van der Waals surface area contributed by atoms with E-state index in [0.717, 1.165) is 48.8 Å². The van der Waals surface area contributed by atoms with Crippen LogP contribution in [0.1, 0.15) is 36.1 Å². The molecule has 1 saturated heterocycles. The fraction of sp³-hybridized carbons (Fsp3) is 0.360. The summed E-state index contributed by atoms with van der Waals surface area (Å²) in [7, 11) is -2.24. The van der Waals surface area contributed by atoms with E-state index in [4.69, 9.17) is 4.74 Å². The first-order valence-electron chi connectivity index (χ1n) is 11.4. The molecule has 0 bridgehead atoms. The van der Waals surface area contributed by atoms with Crippen LogP contribution in [0.5, 0.6) is 5.75 Å². The number of hydrogen-bond acceptors (Lipinski definition) is 7. The zero-order chi connectivity index (χ0) is 24.3. The Kier molecular flexibility index (Phi) is 6.92. The molecule has 8 nitrogen and oxygen atoms in total. The molecule has 0 unspecified atom stereocenters. The predicted molar refractivity (Wildman–Crippen MR) is 136 cm³/mol. The van der Waals surface area contributed by atoms with Crippen LogP contribution >= 0.6 is 0 Å². The maximum Gasteiger partial charge on any atom is 0.262 e. The van der Waals surface area contributed by atoms with Crippen molar-refractivity contribution in [1.82, 2.24) is 9.97 Å². The molecule has 0 saturated carbocycles. The van der Waals surface area contributed by atoms with Crippen molar-refractivity contribution < 1.29 is 13.2 Å². The zero-order valence-electron chi connectivity index (χ0n) is 20.1. The second-order valence-electron chi connectivity index (χ2n) is 8.64. The van der Waals surface area contributed by atoms with E-state index in [1.807, 2.05) is 38.1 Å². The summed E-state index contributed by atoms with van der Waals surface area (Å²) in [6.45, 7) is 7.57. The number of aryl methyl sites for hydroxylation is 3. The molecule has 180 valence electrons. The third-order valence-electron chi connectivity index (χ3n) is 5.87. The molecule has 0 aliphatic carbocycles. The van der Waals surface area contributed by atoms with Gasteiger partial charge in [-0.2, -0.15) is 4.98 Å². The highest BCUT2D eigenvalue weighted by molar-refractivity contribution is 7.92.